The van der Waals surface area contributed by atoms with Gasteiger partial charge in [0.2, 0.25) is 5.91 Å². The van der Waals surface area contributed by atoms with Crippen molar-refractivity contribution < 1.29 is 9.53 Å². The molecule has 0 heterocycles. The third kappa shape index (κ3) is 10.1. The zero-order valence-corrected chi connectivity index (χ0v) is 14.2. The first-order valence-electron chi connectivity index (χ1n) is 7.69. The topological polar surface area (TPSA) is 88.7 Å². The zero-order chi connectivity index (χ0) is 16.3. The molecular formula is C15H32N4O2. The number of rotatable bonds is 10. The Hall–Kier alpha value is -1.30. The standard InChI is InChI=1S/C15H32N4O2/c1-6-17-14(19-11-15(4,5)13(16)20)18-8-10-21-9-7-12(2)3/h12H,6-11H2,1-5H3,(H2,16,20)(H2,17,18,19). The fourth-order valence-corrected chi connectivity index (χ4v) is 1.36. The van der Waals surface area contributed by atoms with Gasteiger partial charge in [0.05, 0.1) is 18.6 Å². The first-order chi connectivity index (χ1) is 9.79. The van der Waals surface area contributed by atoms with Crippen molar-refractivity contribution in [2.24, 2.45) is 22.1 Å². The predicted molar refractivity (Wildman–Crippen MR) is 87.2 cm³/mol. The van der Waals surface area contributed by atoms with Crippen LogP contribution in [0.3, 0.4) is 0 Å². The number of primary amides is 1. The Morgan fingerprint density at radius 2 is 1.95 bits per heavy atom. The Bertz CT molecular complexity index is 328. The van der Waals surface area contributed by atoms with E-state index in [0.29, 0.717) is 31.6 Å². The van der Waals surface area contributed by atoms with Crippen molar-refractivity contribution in [3.05, 3.63) is 0 Å². The van der Waals surface area contributed by atoms with E-state index in [2.05, 4.69) is 29.5 Å². The fourth-order valence-electron chi connectivity index (χ4n) is 1.36. The monoisotopic (exact) mass is 300 g/mol. The minimum absolute atomic E-state index is 0.348. The maximum absolute atomic E-state index is 11.3. The molecule has 6 heteroatoms. The second-order valence-electron chi connectivity index (χ2n) is 6.16. The average Bonchev–Trinajstić information content (AvgIpc) is 2.39. The van der Waals surface area contributed by atoms with Gasteiger partial charge in [-0.25, -0.2) is 0 Å². The summed E-state index contributed by atoms with van der Waals surface area (Å²) >= 11 is 0. The van der Waals surface area contributed by atoms with E-state index in [4.69, 9.17) is 10.5 Å². The molecule has 0 saturated heterocycles. The van der Waals surface area contributed by atoms with E-state index < -0.39 is 5.41 Å². The molecule has 0 saturated carbocycles. The van der Waals surface area contributed by atoms with Gasteiger partial charge in [0, 0.05) is 19.7 Å². The number of ether oxygens (including phenoxy) is 1. The third-order valence-electron chi connectivity index (χ3n) is 3.02. The Balaban J connectivity index is 4.10. The number of nitrogens with zero attached hydrogens (tertiary/aromatic N) is 1. The lowest BCUT2D eigenvalue weighted by Gasteiger charge is -2.19. The molecule has 1 amide bonds. The minimum atomic E-state index is -0.643. The lowest BCUT2D eigenvalue weighted by Crippen LogP contribution is -2.41. The Kier molecular flexibility index (Phi) is 9.78. The van der Waals surface area contributed by atoms with Crippen molar-refractivity contribution in [2.45, 2.75) is 41.0 Å². The van der Waals surface area contributed by atoms with Crippen LogP contribution in [-0.4, -0.2) is 44.7 Å². The van der Waals surface area contributed by atoms with Crippen LogP contribution in [-0.2, 0) is 9.53 Å². The molecule has 4 N–H and O–H groups in total. The number of amides is 1. The maximum atomic E-state index is 11.3. The number of hydrogen-bond donors (Lipinski definition) is 3. The molecule has 0 aromatic heterocycles. The van der Waals surface area contributed by atoms with Gasteiger partial charge in [0.25, 0.3) is 0 Å². The van der Waals surface area contributed by atoms with Crippen LogP contribution < -0.4 is 16.4 Å². The summed E-state index contributed by atoms with van der Waals surface area (Å²) in [6.07, 6.45) is 1.07. The smallest absolute Gasteiger partial charge is 0.224 e. The van der Waals surface area contributed by atoms with Crippen LogP contribution in [0.5, 0.6) is 0 Å². The van der Waals surface area contributed by atoms with E-state index in [0.717, 1.165) is 19.6 Å². The largest absolute Gasteiger partial charge is 0.380 e. The van der Waals surface area contributed by atoms with Crippen LogP contribution in [0.15, 0.2) is 4.99 Å². The number of carbonyl (C=O) groups is 1. The van der Waals surface area contributed by atoms with Crippen molar-refractivity contribution in [1.29, 1.82) is 0 Å². The van der Waals surface area contributed by atoms with Crippen molar-refractivity contribution >= 4 is 11.9 Å². The lowest BCUT2D eigenvalue weighted by atomic mass is 9.93. The summed E-state index contributed by atoms with van der Waals surface area (Å²) in [6.45, 7) is 13.1. The van der Waals surface area contributed by atoms with E-state index in [9.17, 15) is 4.79 Å². The number of aliphatic imine (C=N–C) groups is 1. The number of nitrogens with two attached hydrogens (primary N) is 1. The SMILES string of the molecule is CCNC(=NCC(C)(C)C(N)=O)NCCOCCC(C)C. The van der Waals surface area contributed by atoms with E-state index in [1.807, 2.05) is 6.92 Å². The number of nitrogens with one attached hydrogen (secondary N) is 2. The molecule has 124 valence electrons. The predicted octanol–water partition coefficient (Wildman–Crippen LogP) is 1.12. The van der Waals surface area contributed by atoms with Crippen molar-refractivity contribution in [3.8, 4) is 0 Å². The van der Waals surface area contributed by atoms with Gasteiger partial charge in [0.1, 0.15) is 0 Å². The average molecular weight is 300 g/mol. The van der Waals surface area contributed by atoms with Gasteiger partial charge >= 0.3 is 0 Å². The molecule has 0 atom stereocenters. The zero-order valence-electron chi connectivity index (χ0n) is 14.2. The molecule has 0 aliphatic carbocycles. The molecule has 0 fully saturated rings. The highest BCUT2D eigenvalue weighted by molar-refractivity contribution is 5.82. The second-order valence-corrected chi connectivity index (χ2v) is 6.16. The number of hydrogen-bond acceptors (Lipinski definition) is 3. The summed E-state index contributed by atoms with van der Waals surface area (Å²) in [5, 5.41) is 6.32. The highest BCUT2D eigenvalue weighted by Gasteiger charge is 2.24. The normalized spacial score (nSPS) is 12.6. The van der Waals surface area contributed by atoms with Crippen molar-refractivity contribution in [3.63, 3.8) is 0 Å². The fraction of sp³-hybridized carbons (Fsp3) is 0.867. The highest BCUT2D eigenvalue weighted by atomic mass is 16.5. The number of guanidine groups is 1. The van der Waals surface area contributed by atoms with Crippen LogP contribution in [0.4, 0.5) is 0 Å². The van der Waals surface area contributed by atoms with Gasteiger partial charge in [-0.3, -0.25) is 9.79 Å². The first kappa shape index (κ1) is 19.7. The quantitative estimate of drug-likeness (QED) is 0.320. The van der Waals surface area contributed by atoms with Crippen LogP contribution in [0.1, 0.15) is 41.0 Å². The van der Waals surface area contributed by atoms with E-state index in [1.54, 1.807) is 13.8 Å². The molecule has 21 heavy (non-hydrogen) atoms. The molecule has 0 aromatic rings. The molecule has 0 bridgehead atoms. The molecule has 0 rings (SSSR count). The molecule has 0 unspecified atom stereocenters. The lowest BCUT2D eigenvalue weighted by molar-refractivity contribution is -0.125. The maximum Gasteiger partial charge on any atom is 0.224 e. The molecule has 0 aromatic carbocycles. The van der Waals surface area contributed by atoms with Gasteiger partial charge in [-0.2, -0.15) is 0 Å². The molecule has 0 radical (unpaired) electrons. The van der Waals surface area contributed by atoms with Crippen LogP contribution in [0.25, 0.3) is 0 Å². The molecule has 0 aliphatic rings. The molecule has 0 aliphatic heterocycles. The van der Waals surface area contributed by atoms with Crippen LogP contribution >= 0.6 is 0 Å². The van der Waals surface area contributed by atoms with E-state index in [-0.39, 0.29) is 5.91 Å². The van der Waals surface area contributed by atoms with Gasteiger partial charge in [0.15, 0.2) is 5.96 Å². The summed E-state index contributed by atoms with van der Waals surface area (Å²) in [6, 6.07) is 0. The van der Waals surface area contributed by atoms with Gasteiger partial charge < -0.3 is 21.1 Å². The molecular weight excluding hydrogens is 268 g/mol. The summed E-state index contributed by atoms with van der Waals surface area (Å²) < 4.78 is 5.54. The number of carbonyl (C=O) groups excluding carboxylic acids is 1. The summed E-state index contributed by atoms with van der Waals surface area (Å²) in [7, 11) is 0. The van der Waals surface area contributed by atoms with Crippen molar-refractivity contribution in [2.75, 3.05) is 32.8 Å². The Morgan fingerprint density at radius 3 is 2.48 bits per heavy atom. The van der Waals surface area contributed by atoms with E-state index in [1.165, 1.54) is 0 Å². The van der Waals surface area contributed by atoms with Crippen LogP contribution in [0.2, 0.25) is 0 Å². The minimum Gasteiger partial charge on any atom is -0.380 e. The summed E-state index contributed by atoms with van der Waals surface area (Å²) in [5.41, 5.74) is 4.70. The van der Waals surface area contributed by atoms with Crippen molar-refractivity contribution in [1.82, 2.24) is 10.6 Å². The summed E-state index contributed by atoms with van der Waals surface area (Å²) in [5.74, 6) is 0.992. The van der Waals surface area contributed by atoms with E-state index >= 15 is 0 Å². The second kappa shape index (κ2) is 10.4. The van der Waals surface area contributed by atoms with Gasteiger partial charge in [-0.15, -0.1) is 0 Å². The third-order valence-corrected chi connectivity index (χ3v) is 3.02. The van der Waals surface area contributed by atoms with Gasteiger partial charge in [-0.05, 0) is 33.1 Å². The van der Waals surface area contributed by atoms with Crippen LogP contribution in [0, 0.1) is 11.3 Å². The highest BCUT2D eigenvalue weighted by Crippen LogP contribution is 2.13. The molecule has 0 spiro atoms. The summed E-state index contributed by atoms with van der Waals surface area (Å²) in [4.78, 5) is 15.7. The first-order valence-corrected chi connectivity index (χ1v) is 7.69. The van der Waals surface area contributed by atoms with Gasteiger partial charge in [-0.1, -0.05) is 13.8 Å². The Labute approximate surface area is 128 Å². The Morgan fingerprint density at radius 1 is 1.29 bits per heavy atom. The molecule has 6 nitrogen and oxygen atoms in total.